The van der Waals surface area contributed by atoms with Crippen LogP contribution in [-0.4, -0.2) is 248 Å². The molecule has 1 saturated heterocycles. The van der Waals surface area contributed by atoms with Crippen molar-refractivity contribution in [3.8, 4) is 16.9 Å². The lowest BCUT2D eigenvalue weighted by atomic mass is 9.84. The number of benzene rings is 4. The zero-order valence-corrected chi connectivity index (χ0v) is 79.9. The molecule has 1 saturated carbocycles. The van der Waals surface area contributed by atoms with E-state index in [9.17, 15) is 72.9 Å². The third-order valence-electron chi connectivity index (χ3n) is 23.6. The van der Waals surface area contributed by atoms with E-state index in [1.807, 2.05) is 30.3 Å². The second kappa shape index (κ2) is 54.6. The molecule has 2 fully saturated rings. The predicted octanol–water partition coefficient (Wildman–Crippen LogP) is -0.714. The molecule has 5 aromatic rings. The summed E-state index contributed by atoms with van der Waals surface area (Å²) in [5.41, 5.74) is 26.6. The second-order valence-electron chi connectivity index (χ2n) is 36.4. The lowest BCUT2D eigenvalue weighted by Gasteiger charge is -2.31. The van der Waals surface area contributed by atoms with Gasteiger partial charge in [0.2, 0.25) is 100 Å². The number of carboxylic acids is 1. The summed E-state index contributed by atoms with van der Waals surface area (Å²) >= 11 is 0.653. The van der Waals surface area contributed by atoms with Crippen molar-refractivity contribution < 1.29 is 102 Å². The molecule has 1 unspecified atom stereocenters. The minimum absolute atomic E-state index is 0.0220. The first kappa shape index (κ1) is 111. The van der Waals surface area contributed by atoms with E-state index in [0.29, 0.717) is 46.6 Å². The number of primary amides is 2. The number of amides is 17. The largest absolute Gasteiger partial charge is 0.508 e. The molecule has 2 aliphatic rings. The Morgan fingerprint density at radius 1 is 0.445 bits per heavy atom. The molecule has 1 aliphatic heterocycles. The number of carboxylic acid groups (broad SMARTS) is 1. The molecule has 0 spiro atoms. The van der Waals surface area contributed by atoms with E-state index in [-0.39, 0.29) is 81.2 Å². The summed E-state index contributed by atoms with van der Waals surface area (Å²) < 4.78 is 0. The smallest absolute Gasteiger partial charge is 0.305 e. The van der Waals surface area contributed by atoms with Gasteiger partial charge in [-0.3, -0.25) is 86.3 Å². The highest BCUT2D eigenvalue weighted by Gasteiger charge is 2.42. The number of carbonyl (C=O) groups excluding carboxylic acids is 17. The number of aliphatic hydroxyl groups is 1. The van der Waals surface area contributed by atoms with E-state index in [2.05, 4.69) is 84.7 Å². The van der Waals surface area contributed by atoms with Crippen molar-refractivity contribution in [3.05, 3.63) is 126 Å². The number of nitrogens with two attached hydrogens (primary N) is 4. The summed E-state index contributed by atoms with van der Waals surface area (Å²) in [7, 11) is 0. The number of thioether (sulfide) groups is 1. The van der Waals surface area contributed by atoms with Gasteiger partial charge in [-0.05, 0) is 141 Å². The number of aromatic amines is 1. The van der Waals surface area contributed by atoms with Gasteiger partial charge >= 0.3 is 5.97 Å². The maximum absolute atomic E-state index is 15.4. The summed E-state index contributed by atoms with van der Waals surface area (Å²) in [5.74, 6) is -23.2. The van der Waals surface area contributed by atoms with Gasteiger partial charge in [0.15, 0.2) is 0 Å². The van der Waals surface area contributed by atoms with E-state index in [1.165, 1.54) is 31.2 Å². The van der Waals surface area contributed by atoms with E-state index < -0.39 is 258 Å². The molecule has 42 heteroatoms. The normalized spacial score (nSPS) is 24.2. The van der Waals surface area contributed by atoms with Crippen molar-refractivity contribution in [3.63, 3.8) is 0 Å². The van der Waals surface area contributed by atoms with Crippen LogP contribution in [0, 0.1) is 29.6 Å². The molecule has 41 nitrogen and oxygen atoms in total. The van der Waals surface area contributed by atoms with Crippen LogP contribution >= 0.6 is 11.8 Å². The molecule has 0 radical (unpaired) electrons. The number of nitrogens with one attached hydrogen (secondary N) is 16. The van der Waals surface area contributed by atoms with Crippen LogP contribution in [0.2, 0.25) is 0 Å². The number of phenols is 1. The Morgan fingerprint density at radius 3 is 1.40 bits per heavy atom. The van der Waals surface area contributed by atoms with Gasteiger partial charge < -0.3 is 123 Å². The number of hydrogen-bond acceptors (Lipinski definition) is 23. The molecule has 137 heavy (non-hydrogen) atoms. The van der Waals surface area contributed by atoms with Crippen molar-refractivity contribution in [2.45, 2.75) is 269 Å². The lowest BCUT2D eigenvalue weighted by molar-refractivity contribution is -0.141. The zero-order valence-electron chi connectivity index (χ0n) is 79.1. The number of H-pyrrole nitrogens is 1. The Labute approximate surface area is 800 Å². The van der Waals surface area contributed by atoms with Gasteiger partial charge in [0.25, 0.3) is 0 Å². The molecular formula is C95H136N20O21S. The summed E-state index contributed by atoms with van der Waals surface area (Å²) in [6, 6.07) is 4.17. The Hall–Kier alpha value is -13.1. The van der Waals surface area contributed by atoms with Crippen molar-refractivity contribution >= 4 is 129 Å². The highest BCUT2D eigenvalue weighted by atomic mass is 32.2. The van der Waals surface area contributed by atoms with E-state index in [1.54, 1.807) is 110 Å². The molecule has 4 aromatic carbocycles. The van der Waals surface area contributed by atoms with E-state index >= 15 is 28.8 Å². The Morgan fingerprint density at radius 2 is 0.876 bits per heavy atom. The molecule has 16 atom stereocenters. The standard InChI is InChI=1S/C95H136N20O21S/c1-49(2)40-67-85(126)103-66(37-39-97)84(125)107-69(41-55-20-13-11-14-21-55)88(129)114-79(52(7)8)94(135)115-80(54(10)116)95(136)111-73(91(132)101-53(9)81(99)122)47-137-48-75(119)102-65(35-36-74(98)118)83(124)106-68(43-57-29-33-61(117)34-30-57)86(127)109-72(45-76(120)121)87(128)108-71(44-60-46-100-63-25-18-17-24-62(60)63)90(131)113-78(51(5)6)93(134)110-70(42-56-27-31-59(32-28-56)58-22-15-12-16-23-58)89(130)112-77(50(3)4)92(133)104-64(26-19-38-96)82(123)105-67/h12,15-18,22-25,27-34,46,49-55,64-73,77-80,100,116-117H,11,13-14,19-21,26,35-45,47-48,96-97H2,1-10H3,(H2,98,118)(H2,99,122)(H,101,132)(H,102,119)(H,103,126)(H,104,133)(H,105,123)(H,106,124)(H,107,125)(H,108,128)(H,109,127)(H,110,134)(H,111,136)(H,112,130)(H,113,131)(H,114,129)(H,115,135)(H,120,121)/t53-,54?,64-,65-,66-,67+,68-,69-,70-,71-,72-,73-,77-,78-,79-,80-/m0/s1. The van der Waals surface area contributed by atoms with Crippen LogP contribution in [-0.2, 0) is 106 Å². The van der Waals surface area contributed by atoms with Gasteiger partial charge in [-0.15, -0.1) is 11.8 Å². The van der Waals surface area contributed by atoms with Crippen molar-refractivity contribution in [1.82, 2.24) is 84.7 Å². The number of carbonyl (C=O) groups is 18. The molecule has 1 aliphatic carbocycles. The SMILES string of the molecule is CC(C)C[C@H]1NC(=O)[C@H](CCCN)NC(=O)[C@H](C(C)C)NC(=O)[C@H](Cc2ccc(-c3ccccc3)cc2)NC(=O)[C@H](C(C)C)NC(=O)[C@H](Cc2c[nH]c3ccccc23)NC(=O)[C@H](CC(=O)O)NC(=O)[C@H](Cc2ccc(O)cc2)NC(=O)[C@H](CCC(N)=O)NC(=O)CSC[C@@H](C(=O)N[C@@H](C)C(N)=O)NC(=O)[C@H](C(C)O)NC(=O)[C@H](C(C)C)NC(=O)[C@H](CC2CCCCC2)NC(=O)[C@H](CCN)NC1=O. The fourth-order valence-electron chi connectivity index (χ4n) is 15.9. The quantitative estimate of drug-likeness (QED) is 0.0294. The van der Waals surface area contributed by atoms with Crippen molar-refractivity contribution in [1.29, 1.82) is 0 Å². The molecule has 748 valence electrons. The number of aliphatic hydroxyl groups excluding tert-OH is 1. The molecule has 2 heterocycles. The third kappa shape index (κ3) is 35.5. The van der Waals surface area contributed by atoms with Crippen LogP contribution in [0.4, 0.5) is 0 Å². The van der Waals surface area contributed by atoms with Crippen LogP contribution in [0.15, 0.2) is 109 Å². The molecule has 0 bridgehead atoms. The maximum Gasteiger partial charge on any atom is 0.305 e. The van der Waals surface area contributed by atoms with Gasteiger partial charge in [-0.2, -0.15) is 0 Å². The average Bonchev–Trinajstić information content (AvgIpc) is 1.60. The molecule has 27 N–H and O–H groups in total. The Bertz CT molecular complexity index is 4990. The summed E-state index contributed by atoms with van der Waals surface area (Å²) in [6.45, 7) is 15.2. The van der Waals surface area contributed by atoms with Crippen LogP contribution < -0.4 is 103 Å². The number of rotatable bonds is 28. The molecular weight excluding hydrogens is 1790 g/mol. The van der Waals surface area contributed by atoms with Crippen LogP contribution in [0.5, 0.6) is 5.75 Å². The first-order chi connectivity index (χ1) is 64.9. The minimum atomic E-state index is -2.10. The zero-order chi connectivity index (χ0) is 101. The molecule has 1 aromatic heterocycles. The number of fused-ring (bicyclic) bond motifs is 1. The van der Waals surface area contributed by atoms with Gasteiger partial charge in [0.1, 0.15) is 96.4 Å². The number of aliphatic carboxylic acids is 1. The second-order valence-corrected chi connectivity index (χ2v) is 37.4. The van der Waals surface area contributed by atoms with E-state index in [0.717, 1.165) is 37.3 Å². The summed E-state index contributed by atoms with van der Waals surface area (Å²) in [5, 5.41) is 71.8. The van der Waals surface area contributed by atoms with Crippen LogP contribution in [0.1, 0.15) is 169 Å². The number of phenolic OH excluding ortho intramolecular Hbond substituents is 1. The first-order valence-corrected chi connectivity index (χ1v) is 47.6. The first-order valence-electron chi connectivity index (χ1n) is 46.4. The monoisotopic (exact) mass is 1920 g/mol. The molecule has 17 amide bonds. The highest BCUT2D eigenvalue weighted by molar-refractivity contribution is 8.00. The van der Waals surface area contributed by atoms with Crippen molar-refractivity contribution in [2.75, 3.05) is 24.6 Å². The van der Waals surface area contributed by atoms with Gasteiger partial charge in [0.05, 0.1) is 18.3 Å². The predicted molar refractivity (Wildman–Crippen MR) is 510 cm³/mol. The fourth-order valence-corrected chi connectivity index (χ4v) is 16.7. The Kier molecular flexibility index (Phi) is 44.2. The lowest BCUT2D eigenvalue weighted by Crippen LogP contribution is -2.63. The Balaban J connectivity index is 1.33. The number of hydrogen-bond donors (Lipinski definition) is 23. The molecule has 7 rings (SSSR count). The highest BCUT2D eigenvalue weighted by Crippen LogP contribution is 2.29. The summed E-state index contributed by atoms with van der Waals surface area (Å²) in [6.07, 6.45) is 0.0102. The number of aromatic hydroxyl groups is 1. The van der Waals surface area contributed by atoms with Crippen LogP contribution in [0.25, 0.3) is 22.0 Å². The topological polar surface area (TPSA) is 668 Å². The van der Waals surface area contributed by atoms with E-state index in [4.69, 9.17) is 22.9 Å². The van der Waals surface area contributed by atoms with Crippen LogP contribution in [0.3, 0.4) is 0 Å². The third-order valence-corrected chi connectivity index (χ3v) is 24.7. The summed E-state index contributed by atoms with van der Waals surface area (Å²) in [4.78, 5) is 264. The van der Waals surface area contributed by atoms with Gasteiger partial charge in [0, 0.05) is 48.5 Å². The average molecular weight is 1930 g/mol. The van der Waals surface area contributed by atoms with Gasteiger partial charge in [-0.25, -0.2) is 0 Å². The minimum Gasteiger partial charge on any atom is -0.508 e. The van der Waals surface area contributed by atoms with Crippen molar-refractivity contribution in [2.24, 2.45) is 52.5 Å². The number of aromatic nitrogens is 1. The fraction of sp³-hybridized carbons (Fsp3) is 0.537. The van der Waals surface area contributed by atoms with Gasteiger partial charge in [-0.1, -0.05) is 172 Å². The maximum atomic E-state index is 15.4. The number of para-hydroxylation sites is 1.